The van der Waals surface area contributed by atoms with Crippen LogP contribution in [0.1, 0.15) is 11.1 Å². The zero-order valence-electron chi connectivity index (χ0n) is 14.4. The Kier molecular flexibility index (Phi) is 8.75. The molecule has 5 N–H and O–H groups in total. The molecule has 2 aromatic carbocycles. The predicted octanol–water partition coefficient (Wildman–Crippen LogP) is 4.72. The molecular formula is C19H23Cl2N3OS. The summed E-state index contributed by atoms with van der Waals surface area (Å²) < 4.78 is 5.18. The molecule has 0 amide bonds. The molecule has 0 bridgehead atoms. The molecule has 140 valence electrons. The van der Waals surface area contributed by atoms with Crippen LogP contribution in [0.3, 0.4) is 0 Å². The summed E-state index contributed by atoms with van der Waals surface area (Å²) >= 11 is 1.67. The van der Waals surface area contributed by atoms with E-state index < -0.39 is 0 Å². The summed E-state index contributed by atoms with van der Waals surface area (Å²) in [6.45, 7) is 1.57. The molecule has 3 rings (SSSR count). The van der Waals surface area contributed by atoms with E-state index in [4.69, 9.17) is 16.2 Å². The van der Waals surface area contributed by atoms with Crippen LogP contribution in [0.15, 0.2) is 53.2 Å². The molecule has 0 radical (unpaired) electrons. The first kappa shape index (κ1) is 22.1. The van der Waals surface area contributed by atoms with E-state index in [-0.39, 0.29) is 24.8 Å². The van der Waals surface area contributed by atoms with Crippen LogP contribution in [0, 0.1) is 0 Å². The average molecular weight is 412 g/mol. The van der Waals surface area contributed by atoms with Crippen LogP contribution in [0.5, 0.6) is 5.75 Å². The molecule has 3 aromatic rings. The molecule has 26 heavy (non-hydrogen) atoms. The fourth-order valence-electron chi connectivity index (χ4n) is 2.59. The van der Waals surface area contributed by atoms with E-state index in [1.165, 1.54) is 11.1 Å². The largest absolute Gasteiger partial charge is 0.497 e. The normalized spacial score (nSPS) is 9.88. The van der Waals surface area contributed by atoms with Gasteiger partial charge in [-0.15, -0.1) is 24.8 Å². The molecule has 1 heterocycles. The summed E-state index contributed by atoms with van der Waals surface area (Å²) in [5, 5.41) is 7.75. The highest BCUT2D eigenvalue weighted by Crippen LogP contribution is 2.33. The molecule has 0 spiro atoms. The Morgan fingerprint density at radius 2 is 1.65 bits per heavy atom. The van der Waals surface area contributed by atoms with Crippen molar-refractivity contribution in [2.24, 2.45) is 0 Å². The van der Waals surface area contributed by atoms with Gasteiger partial charge >= 0.3 is 0 Å². The monoisotopic (exact) mass is 411 g/mol. The summed E-state index contributed by atoms with van der Waals surface area (Å²) in [5.74, 6) is 0.871. The van der Waals surface area contributed by atoms with E-state index in [1.807, 2.05) is 30.3 Å². The zero-order valence-corrected chi connectivity index (χ0v) is 16.8. The SMILES string of the molecule is COc1ccc(CNCc2cscc2-c2cc(N)ccc2N)cc1.Cl.Cl. The summed E-state index contributed by atoms with van der Waals surface area (Å²) in [6.07, 6.45) is 0. The van der Waals surface area contributed by atoms with Crippen molar-refractivity contribution in [3.8, 4) is 16.9 Å². The molecule has 7 heteroatoms. The number of nitrogens with two attached hydrogens (primary N) is 2. The third-order valence-electron chi connectivity index (χ3n) is 3.91. The van der Waals surface area contributed by atoms with Gasteiger partial charge in [-0.25, -0.2) is 0 Å². The number of halogens is 2. The molecule has 4 nitrogen and oxygen atoms in total. The lowest BCUT2D eigenvalue weighted by Crippen LogP contribution is -2.12. The minimum absolute atomic E-state index is 0. The maximum atomic E-state index is 6.11. The lowest BCUT2D eigenvalue weighted by Gasteiger charge is -2.10. The molecule has 0 fully saturated rings. The fourth-order valence-corrected chi connectivity index (χ4v) is 3.45. The molecule has 0 unspecified atom stereocenters. The Morgan fingerprint density at radius 1 is 0.923 bits per heavy atom. The van der Waals surface area contributed by atoms with Crippen molar-refractivity contribution in [2.45, 2.75) is 13.1 Å². The number of ether oxygens (including phenoxy) is 1. The predicted molar refractivity (Wildman–Crippen MR) is 117 cm³/mol. The van der Waals surface area contributed by atoms with Crippen LogP contribution in [0.2, 0.25) is 0 Å². The maximum Gasteiger partial charge on any atom is 0.118 e. The van der Waals surface area contributed by atoms with Crippen LogP contribution < -0.4 is 21.5 Å². The Balaban J connectivity index is 0.00000169. The number of nitrogens with one attached hydrogen (secondary N) is 1. The van der Waals surface area contributed by atoms with E-state index in [1.54, 1.807) is 18.4 Å². The summed E-state index contributed by atoms with van der Waals surface area (Å²) in [6, 6.07) is 13.7. The molecular weight excluding hydrogens is 389 g/mol. The van der Waals surface area contributed by atoms with Gasteiger partial charge in [0.2, 0.25) is 0 Å². The number of anilines is 2. The Bertz CT molecular complexity index is 822. The quantitative estimate of drug-likeness (QED) is 0.512. The van der Waals surface area contributed by atoms with Crippen LogP contribution in [0.4, 0.5) is 11.4 Å². The van der Waals surface area contributed by atoms with Crippen molar-refractivity contribution in [2.75, 3.05) is 18.6 Å². The highest BCUT2D eigenvalue weighted by Gasteiger charge is 2.10. The van der Waals surface area contributed by atoms with Crippen molar-refractivity contribution in [3.63, 3.8) is 0 Å². The lowest BCUT2D eigenvalue weighted by atomic mass is 10.0. The van der Waals surface area contributed by atoms with Gasteiger partial charge in [-0.3, -0.25) is 0 Å². The van der Waals surface area contributed by atoms with E-state index in [9.17, 15) is 0 Å². The summed E-state index contributed by atoms with van der Waals surface area (Å²) in [5.41, 5.74) is 18.1. The smallest absolute Gasteiger partial charge is 0.118 e. The lowest BCUT2D eigenvalue weighted by molar-refractivity contribution is 0.414. The number of hydrogen-bond acceptors (Lipinski definition) is 5. The van der Waals surface area contributed by atoms with Crippen molar-refractivity contribution < 1.29 is 4.74 Å². The first-order chi connectivity index (χ1) is 11.7. The third-order valence-corrected chi connectivity index (χ3v) is 4.71. The van der Waals surface area contributed by atoms with Crippen molar-refractivity contribution in [1.29, 1.82) is 0 Å². The molecule has 0 aliphatic rings. The molecule has 0 aliphatic carbocycles. The number of thiophene rings is 1. The van der Waals surface area contributed by atoms with Crippen molar-refractivity contribution in [1.82, 2.24) is 5.32 Å². The Morgan fingerprint density at radius 3 is 2.35 bits per heavy atom. The number of methoxy groups -OCH3 is 1. The van der Waals surface area contributed by atoms with E-state index in [0.717, 1.165) is 41.3 Å². The Labute approximate surface area is 170 Å². The van der Waals surface area contributed by atoms with Gasteiger partial charge in [0.05, 0.1) is 7.11 Å². The van der Waals surface area contributed by atoms with Crippen LogP contribution in [0.25, 0.3) is 11.1 Å². The highest BCUT2D eigenvalue weighted by atomic mass is 35.5. The van der Waals surface area contributed by atoms with E-state index >= 15 is 0 Å². The topological polar surface area (TPSA) is 73.3 Å². The number of nitrogen functional groups attached to an aromatic ring is 2. The maximum absolute atomic E-state index is 6.11. The van der Waals surface area contributed by atoms with Gasteiger partial charge in [0.15, 0.2) is 0 Å². The van der Waals surface area contributed by atoms with Gasteiger partial charge in [0.25, 0.3) is 0 Å². The second kappa shape index (κ2) is 10.3. The highest BCUT2D eigenvalue weighted by molar-refractivity contribution is 7.08. The van der Waals surface area contributed by atoms with Crippen LogP contribution in [-0.2, 0) is 13.1 Å². The van der Waals surface area contributed by atoms with Gasteiger partial charge in [-0.2, -0.15) is 11.3 Å². The minimum Gasteiger partial charge on any atom is -0.497 e. The van der Waals surface area contributed by atoms with Gasteiger partial charge < -0.3 is 21.5 Å². The molecule has 1 aromatic heterocycles. The van der Waals surface area contributed by atoms with E-state index in [0.29, 0.717) is 0 Å². The summed E-state index contributed by atoms with van der Waals surface area (Å²) in [7, 11) is 1.67. The third kappa shape index (κ3) is 5.29. The first-order valence-electron chi connectivity index (χ1n) is 7.71. The average Bonchev–Trinajstić information content (AvgIpc) is 3.06. The number of hydrogen-bond donors (Lipinski definition) is 3. The van der Waals surface area contributed by atoms with E-state index in [2.05, 4.69) is 28.2 Å². The fraction of sp³-hybridized carbons (Fsp3) is 0.158. The van der Waals surface area contributed by atoms with Crippen LogP contribution in [-0.4, -0.2) is 7.11 Å². The molecule has 0 saturated carbocycles. The first-order valence-corrected chi connectivity index (χ1v) is 8.65. The van der Waals surface area contributed by atoms with Gasteiger partial charge in [-0.1, -0.05) is 12.1 Å². The Hall–Kier alpha value is -1.92. The standard InChI is InChI=1S/C19H21N3OS.2ClH/c1-23-16-5-2-13(3-6-16)9-22-10-14-11-24-12-18(14)17-8-15(20)4-7-19(17)21;;/h2-8,11-12,22H,9-10,20-21H2,1H3;2*1H. The van der Waals surface area contributed by atoms with Gasteiger partial charge in [-0.05, 0) is 57.8 Å². The second-order valence-electron chi connectivity index (χ2n) is 5.61. The molecule has 0 atom stereocenters. The van der Waals surface area contributed by atoms with Crippen molar-refractivity contribution in [3.05, 3.63) is 64.4 Å². The molecule has 0 aliphatic heterocycles. The second-order valence-corrected chi connectivity index (χ2v) is 6.35. The number of rotatable bonds is 6. The summed E-state index contributed by atoms with van der Waals surface area (Å²) in [4.78, 5) is 0. The zero-order chi connectivity index (χ0) is 16.9. The van der Waals surface area contributed by atoms with Crippen molar-refractivity contribution >= 4 is 47.5 Å². The van der Waals surface area contributed by atoms with Gasteiger partial charge in [0, 0.05) is 30.0 Å². The van der Waals surface area contributed by atoms with Crippen LogP contribution >= 0.6 is 36.2 Å². The minimum atomic E-state index is 0. The number of benzene rings is 2. The van der Waals surface area contributed by atoms with Gasteiger partial charge in [0.1, 0.15) is 5.75 Å². The molecule has 0 saturated heterocycles.